The first-order valence-electron chi connectivity index (χ1n) is 6.56. The highest BCUT2D eigenvalue weighted by Gasteiger charge is 2.34. The Morgan fingerprint density at radius 3 is 2.86 bits per heavy atom. The Labute approximate surface area is 122 Å². The first kappa shape index (κ1) is 15.2. The monoisotopic (exact) mass is 294 g/mol. The first-order valence-corrected chi connectivity index (χ1v) is 6.56. The molecule has 1 aliphatic heterocycles. The fourth-order valence-electron chi connectivity index (χ4n) is 2.09. The molecule has 1 atom stereocenters. The van der Waals surface area contributed by atoms with Crippen molar-refractivity contribution >= 4 is 17.8 Å². The summed E-state index contributed by atoms with van der Waals surface area (Å²) in [7, 11) is 3.02. The van der Waals surface area contributed by atoms with Crippen LogP contribution in [0.5, 0.6) is 0 Å². The number of methoxy groups -OCH3 is 1. The van der Waals surface area contributed by atoms with Crippen LogP contribution < -0.4 is 4.90 Å². The van der Waals surface area contributed by atoms with Gasteiger partial charge in [-0.05, 0) is 6.07 Å². The number of anilines is 1. The highest BCUT2D eigenvalue weighted by molar-refractivity contribution is 5.87. The summed E-state index contributed by atoms with van der Waals surface area (Å²) in [5, 5.41) is 0. The van der Waals surface area contributed by atoms with Gasteiger partial charge in [-0.2, -0.15) is 0 Å². The predicted octanol–water partition coefficient (Wildman–Crippen LogP) is -0.687. The number of aromatic nitrogens is 2. The van der Waals surface area contributed by atoms with E-state index in [0.717, 1.165) is 0 Å². The highest BCUT2D eigenvalue weighted by atomic mass is 16.5. The second-order valence-electron chi connectivity index (χ2n) is 4.61. The minimum Gasteiger partial charge on any atom is -0.467 e. The van der Waals surface area contributed by atoms with Crippen molar-refractivity contribution in [3.8, 4) is 0 Å². The van der Waals surface area contributed by atoms with Crippen LogP contribution in [0.1, 0.15) is 0 Å². The van der Waals surface area contributed by atoms with Gasteiger partial charge in [0.2, 0.25) is 11.9 Å². The molecule has 1 amide bonds. The van der Waals surface area contributed by atoms with Gasteiger partial charge in [0.15, 0.2) is 6.04 Å². The largest absolute Gasteiger partial charge is 0.467 e. The SMILES string of the molecule is COC(=O)C1COCCN1C(=O)CN(C)c1ncccn1. The maximum absolute atomic E-state index is 12.4. The standard InChI is InChI=1S/C13H18N4O4/c1-16(13-14-4-3-5-15-13)8-11(18)17-6-7-21-9-10(17)12(19)20-2/h3-5,10H,6-9H2,1-2H3. The maximum atomic E-state index is 12.4. The van der Waals surface area contributed by atoms with Gasteiger partial charge in [-0.25, -0.2) is 14.8 Å². The molecule has 8 heteroatoms. The van der Waals surface area contributed by atoms with Gasteiger partial charge < -0.3 is 19.3 Å². The van der Waals surface area contributed by atoms with E-state index in [4.69, 9.17) is 9.47 Å². The third-order valence-corrected chi connectivity index (χ3v) is 3.19. The minimum atomic E-state index is -0.693. The van der Waals surface area contributed by atoms with Gasteiger partial charge in [0.1, 0.15) is 0 Å². The molecule has 0 saturated carbocycles. The molecule has 2 rings (SSSR count). The van der Waals surface area contributed by atoms with E-state index >= 15 is 0 Å². The zero-order chi connectivity index (χ0) is 15.2. The number of esters is 1. The maximum Gasteiger partial charge on any atom is 0.331 e. The van der Waals surface area contributed by atoms with Gasteiger partial charge in [-0.1, -0.05) is 0 Å². The number of hydrogen-bond acceptors (Lipinski definition) is 7. The molecular weight excluding hydrogens is 276 g/mol. The summed E-state index contributed by atoms with van der Waals surface area (Å²) < 4.78 is 9.95. The topological polar surface area (TPSA) is 84.9 Å². The lowest BCUT2D eigenvalue weighted by Crippen LogP contribution is -2.55. The fourth-order valence-corrected chi connectivity index (χ4v) is 2.09. The highest BCUT2D eigenvalue weighted by Crippen LogP contribution is 2.11. The number of rotatable bonds is 4. The summed E-state index contributed by atoms with van der Waals surface area (Å²) in [6.45, 7) is 1.01. The molecule has 8 nitrogen and oxygen atoms in total. The van der Waals surface area contributed by atoms with E-state index in [9.17, 15) is 9.59 Å². The van der Waals surface area contributed by atoms with Crippen molar-refractivity contribution < 1.29 is 19.1 Å². The second kappa shape index (κ2) is 6.98. The lowest BCUT2D eigenvalue weighted by atomic mass is 10.2. The normalized spacial score (nSPS) is 18.2. The Kier molecular flexibility index (Phi) is 5.04. The Morgan fingerprint density at radius 1 is 1.48 bits per heavy atom. The van der Waals surface area contributed by atoms with E-state index in [0.29, 0.717) is 19.1 Å². The number of nitrogens with zero attached hydrogens (tertiary/aromatic N) is 4. The van der Waals surface area contributed by atoms with Crippen molar-refractivity contribution in [3.05, 3.63) is 18.5 Å². The van der Waals surface area contributed by atoms with Crippen LogP contribution in [0.25, 0.3) is 0 Å². The van der Waals surface area contributed by atoms with Gasteiger partial charge in [-0.3, -0.25) is 4.79 Å². The molecule has 1 unspecified atom stereocenters. The van der Waals surface area contributed by atoms with Crippen LogP contribution in [0.3, 0.4) is 0 Å². The van der Waals surface area contributed by atoms with Crippen molar-refractivity contribution in [3.63, 3.8) is 0 Å². The van der Waals surface area contributed by atoms with Crippen LogP contribution in [0, 0.1) is 0 Å². The lowest BCUT2D eigenvalue weighted by Gasteiger charge is -2.34. The first-order chi connectivity index (χ1) is 10.1. The molecule has 1 aliphatic rings. The molecule has 1 saturated heterocycles. The number of carbonyl (C=O) groups excluding carboxylic acids is 2. The smallest absolute Gasteiger partial charge is 0.331 e. The van der Waals surface area contributed by atoms with Crippen LogP contribution in [-0.4, -0.2) is 73.2 Å². The van der Waals surface area contributed by atoms with E-state index in [2.05, 4.69) is 9.97 Å². The number of hydrogen-bond donors (Lipinski definition) is 0. The Hall–Kier alpha value is -2.22. The molecular formula is C13H18N4O4. The van der Waals surface area contributed by atoms with Crippen LogP contribution in [-0.2, 0) is 19.1 Å². The number of morpholine rings is 1. The second-order valence-corrected chi connectivity index (χ2v) is 4.61. The van der Waals surface area contributed by atoms with Gasteiger partial charge in [0.25, 0.3) is 0 Å². The zero-order valence-corrected chi connectivity index (χ0v) is 12.1. The Morgan fingerprint density at radius 2 is 2.19 bits per heavy atom. The molecule has 0 radical (unpaired) electrons. The van der Waals surface area contributed by atoms with Crippen LogP contribution >= 0.6 is 0 Å². The summed E-state index contributed by atoms with van der Waals surface area (Å²) in [6.07, 6.45) is 3.21. The van der Waals surface area contributed by atoms with Crippen molar-refractivity contribution in [2.45, 2.75) is 6.04 Å². The summed E-state index contributed by atoms with van der Waals surface area (Å²) in [5.74, 6) is -0.209. The van der Waals surface area contributed by atoms with Gasteiger partial charge in [0, 0.05) is 26.0 Å². The molecule has 2 heterocycles. The van der Waals surface area contributed by atoms with Crippen molar-refractivity contribution in [2.75, 3.05) is 45.4 Å². The van der Waals surface area contributed by atoms with E-state index in [1.807, 2.05) is 0 Å². The third-order valence-electron chi connectivity index (χ3n) is 3.19. The van der Waals surface area contributed by atoms with E-state index in [1.165, 1.54) is 12.0 Å². The fraction of sp³-hybridized carbons (Fsp3) is 0.538. The average Bonchev–Trinajstić information content (AvgIpc) is 2.54. The van der Waals surface area contributed by atoms with E-state index < -0.39 is 12.0 Å². The summed E-state index contributed by atoms with van der Waals surface area (Å²) >= 11 is 0. The number of ether oxygens (including phenoxy) is 2. The molecule has 114 valence electrons. The van der Waals surface area contributed by atoms with Crippen molar-refractivity contribution in [2.24, 2.45) is 0 Å². The minimum absolute atomic E-state index is 0.0809. The predicted molar refractivity (Wildman–Crippen MR) is 73.6 cm³/mol. The molecule has 0 aromatic carbocycles. The molecule has 21 heavy (non-hydrogen) atoms. The van der Waals surface area contributed by atoms with Crippen LogP contribution in [0.4, 0.5) is 5.95 Å². The molecule has 0 aliphatic carbocycles. The number of carbonyl (C=O) groups is 2. The third kappa shape index (κ3) is 3.66. The Balaban J connectivity index is 2.02. The molecule has 1 aromatic heterocycles. The van der Waals surface area contributed by atoms with Crippen molar-refractivity contribution in [1.29, 1.82) is 0 Å². The summed E-state index contributed by atoms with van der Waals surface area (Å²) in [5.41, 5.74) is 0. The lowest BCUT2D eigenvalue weighted by molar-refractivity contribution is -0.160. The van der Waals surface area contributed by atoms with Crippen LogP contribution in [0.2, 0.25) is 0 Å². The molecule has 0 N–H and O–H groups in total. The summed E-state index contributed by atoms with van der Waals surface area (Å²) in [6, 6.07) is 1.01. The van der Waals surface area contributed by atoms with Crippen molar-refractivity contribution in [1.82, 2.24) is 14.9 Å². The van der Waals surface area contributed by atoms with Gasteiger partial charge >= 0.3 is 5.97 Å². The number of amides is 1. The van der Waals surface area contributed by atoms with E-state index in [1.54, 1.807) is 30.4 Å². The Bertz CT molecular complexity index is 496. The van der Waals surface area contributed by atoms with Gasteiger partial charge in [-0.15, -0.1) is 0 Å². The van der Waals surface area contributed by atoms with Gasteiger partial charge in [0.05, 0.1) is 26.9 Å². The molecule has 0 bridgehead atoms. The zero-order valence-electron chi connectivity index (χ0n) is 12.1. The molecule has 1 aromatic rings. The average molecular weight is 294 g/mol. The molecule has 0 spiro atoms. The summed E-state index contributed by atoms with van der Waals surface area (Å²) in [4.78, 5) is 35.3. The number of likely N-dealkylation sites (N-methyl/N-ethyl adjacent to an activating group) is 1. The van der Waals surface area contributed by atoms with E-state index in [-0.39, 0.29) is 19.1 Å². The van der Waals surface area contributed by atoms with Crippen LogP contribution in [0.15, 0.2) is 18.5 Å². The quantitative estimate of drug-likeness (QED) is 0.680. The molecule has 1 fully saturated rings.